The summed E-state index contributed by atoms with van der Waals surface area (Å²) < 4.78 is 24.9. The molecule has 0 aliphatic carbocycles. The molecule has 30 heavy (non-hydrogen) atoms. The van der Waals surface area contributed by atoms with Crippen molar-refractivity contribution in [3.8, 4) is 5.75 Å². The highest BCUT2D eigenvalue weighted by molar-refractivity contribution is 5.92. The van der Waals surface area contributed by atoms with Crippen molar-refractivity contribution < 1.29 is 18.7 Å². The van der Waals surface area contributed by atoms with Crippen LogP contribution in [-0.2, 0) is 11.2 Å². The number of hydrogen-bond donors (Lipinski definition) is 1. The average molecular weight is 411 g/mol. The lowest BCUT2D eigenvalue weighted by Crippen LogP contribution is -2.42. The minimum atomic E-state index is -0.388. The molecule has 0 spiro atoms. The Bertz CT molecular complexity index is 1010. The molecule has 1 saturated heterocycles. The van der Waals surface area contributed by atoms with Gasteiger partial charge in [-0.05, 0) is 25.1 Å². The van der Waals surface area contributed by atoms with Gasteiger partial charge in [-0.15, -0.1) is 0 Å². The molecule has 0 saturated carbocycles. The van der Waals surface area contributed by atoms with E-state index >= 15 is 0 Å². The first-order valence-electron chi connectivity index (χ1n) is 9.71. The van der Waals surface area contributed by atoms with Crippen LogP contribution in [0.25, 0.3) is 0 Å². The van der Waals surface area contributed by atoms with E-state index < -0.39 is 0 Å². The van der Waals surface area contributed by atoms with Crippen LogP contribution < -0.4 is 4.74 Å². The van der Waals surface area contributed by atoms with Crippen molar-refractivity contribution in [3.63, 3.8) is 0 Å². The zero-order valence-corrected chi connectivity index (χ0v) is 16.5. The molecule has 1 fully saturated rings. The van der Waals surface area contributed by atoms with Crippen LogP contribution >= 0.6 is 0 Å². The summed E-state index contributed by atoms with van der Waals surface area (Å²) in [5.41, 5.74) is 2.63. The molecule has 2 aromatic heterocycles. The maximum Gasteiger partial charge on any atom is 0.274 e. The summed E-state index contributed by atoms with van der Waals surface area (Å²) in [6, 6.07) is 8.18. The summed E-state index contributed by atoms with van der Waals surface area (Å²) in [6.07, 6.45) is 3.27. The summed E-state index contributed by atoms with van der Waals surface area (Å²) in [7, 11) is 0. The van der Waals surface area contributed by atoms with Crippen molar-refractivity contribution in [3.05, 3.63) is 71.3 Å². The molecule has 3 heterocycles. The number of H-pyrrole nitrogens is 1. The van der Waals surface area contributed by atoms with E-state index in [4.69, 9.17) is 9.47 Å². The van der Waals surface area contributed by atoms with Gasteiger partial charge in [0, 0.05) is 24.9 Å². The van der Waals surface area contributed by atoms with Crippen LogP contribution in [0.1, 0.15) is 33.7 Å². The third-order valence-corrected chi connectivity index (χ3v) is 4.80. The maximum absolute atomic E-state index is 13.6. The number of morpholine rings is 1. The van der Waals surface area contributed by atoms with Crippen molar-refractivity contribution in [1.82, 2.24) is 25.1 Å². The number of carbonyl (C=O) groups is 1. The van der Waals surface area contributed by atoms with E-state index in [1.54, 1.807) is 29.3 Å². The second-order valence-electron chi connectivity index (χ2n) is 7.00. The SMILES string of the molecule is Cc1cnc(C(=O)N2CCO[C@@H](c3cc(CCOc4ccccc4F)[nH]n3)C2)cn1. The molecule has 1 aliphatic heterocycles. The number of nitrogens with zero attached hydrogens (tertiary/aromatic N) is 4. The summed E-state index contributed by atoms with van der Waals surface area (Å²) in [5, 5.41) is 7.27. The highest BCUT2D eigenvalue weighted by Crippen LogP contribution is 2.22. The van der Waals surface area contributed by atoms with E-state index in [2.05, 4.69) is 20.2 Å². The Balaban J connectivity index is 1.34. The van der Waals surface area contributed by atoms with Crippen molar-refractivity contribution in [1.29, 1.82) is 0 Å². The lowest BCUT2D eigenvalue weighted by atomic mass is 10.1. The molecular formula is C21H22FN5O3. The van der Waals surface area contributed by atoms with Gasteiger partial charge in [-0.3, -0.25) is 14.9 Å². The number of benzene rings is 1. The Morgan fingerprint density at radius 3 is 3.00 bits per heavy atom. The summed E-state index contributed by atoms with van der Waals surface area (Å²) in [5.74, 6) is -0.340. The lowest BCUT2D eigenvalue weighted by molar-refractivity contribution is -0.0249. The fraction of sp³-hybridized carbons (Fsp3) is 0.333. The quantitative estimate of drug-likeness (QED) is 0.670. The predicted molar refractivity (Wildman–Crippen MR) is 106 cm³/mol. The minimum Gasteiger partial charge on any atom is -0.490 e. The zero-order valence-electron chi connectivity index (χ0n) is 16.5. The average Bonchev–Trinajstić information content (AvgIpc) is 3.24. The highest BCUT2D eigenvalue weighted by atomic mass is 19.1. The number of hydrogen-bond acceptors (Lipinski definition) is 6. The number of aromatic nitrogens is 4. The van der Waals surface area contributed by atoms with Gasteiger partial charge < -0.3 is 14.4 Å². The van der Waals surface area contributed by atoms with Gasteiger partial charge in [-0.2, -0.15) is 5.10 Å². The molecule has 1 amide bonds. The molecule has 0 radical (unpaired) electrons. The second-order valence-corrected chi connectivity index (χ2v) is 7.00. The van der Waals surface area contributed by atoms with Crippen LogP contribution in [0.2, 0.25) is 0 Å². The Hall–Kier alpha value is -3.33. The summed E-state index contributed by atoms with van der Waals surface area (Å²) in [6.45, 7) is 3.41. The standard InChI is InChI=1S/C21H22FN5O3/c1-14-11-24-18(12-23-14)21(28)27-7-9-30-20(13-27)17-10-15(25-26-17)6-8-29-19-5-3-2-4-16(19)22/h2-5,10-12,20H,6-9,13H2,1H3,(H,25,26)/t20-/m1/s1. The normalized spacial score (nSPS) is 16.5. The van der Waals surface area contributed by atoms with Gasteiger partial charge in [0.1, 0.15) is 11.8 Å². The number of aromatic amines is 1. The lowest BCUT2D eigenvalue weighted by Gasteiger charge is -2.31. The predicted octanol–water partition coefficient (Wildman–Crippen LogP) is 2.48. The topological polar surface area (TPSA) is 93.2 Å². The number of nitrogens with one attached hydrogen (secondary N) is 1. The van der Waals surface area contributed by atoms with Crippen molar-refractivity contribution in [2.45, 2.75) is 19.4 Å². The largest absolute Gasteiger partial charge is 0.490 e. The molecular weight excluding hydrogens is 389 g/mol. The minimum absolute atomic E-state index is 0.176. The molecule has 0 unspecified atom stereocenters. The van der Waals surface area contributed by atoms with Crippen LogP contribution in [-0.4, -0.2) is 57.3 Å². The third kappa shape index (κ3) is 4.62. The number of aryl methyl sites for hydroxylation is 1. The van der Waals surface area contributed by atoms with Gasteiger partial charge in [-0.25, -0.2) is 9.37 Å². The van der Waals surface area contributed by atoms with Crippen LogP contribution in [0.4, 0.5) is 4.39 Å². The van der Waals surface area contributed by atoms with E-state index in [1.165, 1.54) is 12.3 Å². The number of rotatable bonds is 6. The fourth-order valence-electron chi connectivity index (χ4n) is 3.18. The first kappa shape index (κ1) is 20.0. The van der Waals surface area contributed by atoms with E-state index in [-0.39, 0.29) is 23.6 Å². The van der Waals surface area contributed by atoms with Crippen LogP contribution in [0.15, 0.2) is 42.7 Å². The molecule has 1 atom stereocenters. The van der Waals surface area contributed by atoms with Crippen LogP contribution in [0.5, 0.6) is 5.75 Å². The summed E-state index contributed by atoms with van der Waals surface area (Å²) >= 11 is 0. The van der Waals surface area contributed by atoms with E-state index in [0.29, 0.717) is 44.1 Å². The molecule has 9 heteroatoms. The number of halogens is 1. The molecule has 1 N–H and O–H groups in total. The van der Waals surface area contributed by atoms with Crippen LogP contribution in [0.3, 0.4) is 0 Å². The summed E-state index contributed by atoms with van der Waals surface area (Å²) in [4.78, 5) is 22.7. The smallest absolute Gasteiger partial charge is 0.274 e. The van der Waals surface area contributed by atoms with Crippen LogP contribution in [0, 0.1) is 12.7 Å². The fourth-order valence-corrected chi connectivity index (χ4v) is 3.18. The molecule has 0 bridgehead atoms. The van der Waals surface area contributed by atoms with Gasteiger partial charge in [0.25, 0.3) is 5.91 Å². The Kier molecular flexibility index (Phi) is 5.99. The van der Waals surface area contributed by atoms with Crippen molar-refractivity contribution in [2.24, 2.45) is 0 Å². The van der Waals surface area contributed by atoms with E-state index in [1.807, 2.05) is 13.0 Å². The van der Waals surface area contributed by atoms with Gasteiger partial charge in [0.2, 0.25) is 0 Å². The zero-order chi connectivity index (χ0) is 20.9. The highest BCUT2D eigenvalue weighted by Gasteiger charge is 2.28. The number of carbonyl (C=O) groups excluding carboxylic acids is 1. The van der Waals surface area contributed by atoms with Crippen molar-refractivity contribution >= 4 is 5.91 Å². The van der Waals surface area contributed by atoms with Gasteiger partial charge in [0.05, 0.1) is 37.3 Å². The van der Waals surface area contributed by atoms with Gasteiger partial charge >= 0.3 is 0 Å². The van der Waals surface area contributed by atoms with Gasteiger partial charge in [-0.1, -0.05) is 12.1 Å². The Morgan fingerprint density at radius 2 is 2.20 bits per heavy atom. The Labute approximate surface area is 173 Å². The van der Waals surface area contributed by atoms with E-state index in [0.717, 1.165) is 11.4 Å². The maximum atomic E-state index is 13.6. The van der Waals surface area contributed by atoms with E-state index in [9.17, 15) is 9.18 Å². The Morgan fingerprint density at radius 1 is 1.33 bits per heavy atom. The molecule has 1 aliphatic rings. The molecule has 156 valence electrons. The third-order valence-electron chi connectivity index (χ3n) is 4.80. The number of ether oxygens (including phenoxy) is 2. The monoisotopic (exact) mass is 411 g/mol. The molecule has 4 rings (SSSR count). The molecule has 1 aromatic carbocycles. The number of para-hydroxylation sites is 1. The second kappa shape index (κ2) is 9.00. The first-order valence-corrected chi connectivity index (χ1v) is 9.71. The molecule has 3 aromatic rings. The van der Waals surface area contributed by atoms with Gasteiger partial charge in [0.15, 0.2) is 11.6 Å². The molecule has 8 nitrogen and oxygen atoms in total. The number of amides is 1. The first-order chi connectivity index (χ1) is 14.6. The van der Waals surface area contributed by atoms with Crippen molar-refractivity contribution in [2.75, 3.05) is 26.3 Å².